The molecular formula is C31H46N2. The highest BCUT2D eigenvalue weighted by Crippen LogP contribution is 2.39. The normalized spacial score (nSPS) is 25.8. The summed E-state index contributed by atoms with van der Waals surface area (Å²) in [6.07, 6.45) is 25.0. The third kappa shape index (κ3) is 6.90. The quantitative estimate of drug-likeness (QED) is 0.340. The van der Waals surface area contributed by atoms with Crippen molar-refractivity contribution in [1.82, 2.24) is 9.97 Å². The smallest absolute Gasteiger partial charge is 0.159 e. The van der Waals surface area contributed by atoms with Crippen LogP contribution in [-0.4, -0.2) is 9.97 Å². The van der Waals surface area contributed by atoms with Crippen LogP contribution in [0, 0.1) is 11.8 Å². The molecule has 0 unspecified atom stereocenters. The maximum atomic E-state index is 4.76. The lowest BCUT2D eigenvalue weighted by molar-refractivity contribution is 0.302. The minimum absolute atomic E-state index is 0.663. The second-order valence-corrected chi connectivity index (χ2v) is 11.0. The van der Waals surface area contributed by atoms with Crippen LogP contribution in [0.4, 0.5) is 0 Å². The molecule has 0 amide bonds. The highest BCUT2D eigenvalue weighted by Gasteiger charge is 2.23. The van der Waals surface area contributed by atoms with Gasteiger partial charge in [0.25, 0.3) is 0 Å². The van der Waals surface area contributed by atoms with E-state index in [4.69, 9.17) is 9.97 Å². The van der Waals surface area contributed by atoms with Crippen LogP contribution in [0.25, 0.3) is 11.4 Å². The Morgan fingerprint density at radius 1 is 0.606 bits per heavy atom. The summed E-state index contributed by atoms with van der Waals surface area (Å²) in [4.78, 5) is 9.52. The predicted octanol–water partition coefficient (Wildman–Crippen LogP) is 9.46. The molecule has 0 radical (unpaired) electrons. The average Bonchev–Trinajstić information content (AvgIpc) is 2.88. The van der Waals surface area contributed by atoms with Crippen molar-refractivity contribution in [2.45, 2.75) is 122 Å². The van der Waals surface area contributed by atoms with Gasteiger partial charge >= 0.3 is 0 Å². The molecule has 0 aliphatic heterocycles. The zero-order valence-corrected chi connectivity index (χ0v) is 21.3. The largest absolute Gasteiger partial charge is 0.236 e. The number of unbranched alkanes of at least 4 members (excludes halogenated alkanes) is 3. The Labute approximate surface area is 203 Å². The zero-order chi connectivity index (χ0) is 22.9. The Hall–Kier alpha value is -1.70. The predicted molar refractivity (Wildman–Crippen MR) is 141 cm³/mol. The van der Waals surface area contributed by atoms with Crippen molar-refractivity contribution < 1.29 is 0 Å². The van der Waals surface area contributed by atoms with Crippen LogP contribution in [0.2, 0.25) is 0 Å². The van der Waals surface area contributed by atoms with Gasteiger partial charge in [0.1, 0.15) is 0 Å². The molecule has 2 aromatic rings. The summed E-state index contributed by atoms with van der Waals surface area (Å²) in [5.74, 6) is 4.21. The fourth-order valence-electron chi connectivity index (χ4n) is 6.44. The lowest BCUT2D eigenvalue weighted by atomic mass is 9.77. The van der Waals surface area contributed by atoms with Gasteiger partial charge in [-0.2, -0.15) is 0 Å². The van der Waals surface area contributed by atoms with E-state index in [1.807, 2.05) is 0 Å². The van der Waals surface area contributed by atoms with E-state index in [1.165, 1.54) is 107 Å². The summed E-state index contributed by atoms with van der Waals surface area (Å²) in [7, 11) is 0. The van der Waals surface area contributed by atoms with Gasteiger partial charge < -0.3 is 0 Å². The van der Waals surface area contributed by atoms with E-state index in [9.17, 15) is 0 Å². The Kier molecular flexibility index (Phi) is 9.38. The molecule has 4 rings (SSSR count). The fourth-order valence-corrected chi connectivity index (χ4v) is 6.44. The molecular weight excluding hydrogens is 400 g/mol. The second kappa shape index (κ2) is 12.7. The highest BCUT2D eigenvalue weighted by atomic mass is 14.9. The Morgan fingerprint density at radius 2 is 1.18 bits per heavy atom. The van der Waals surface area contributed by atoms with E-state index < -0.39 is 0 Å². The van der Waals surface area contributed by atoms with E-state index in [0.717, 1.165) is 29.1 Å². The molecule has 33 heavy (non-hydrogen) atoms. The molecule has 0 bridgehead atoms. The van der Waals surface area contributed by atoms with Gasteiger partial charge in [0.05, 0.1) is 0 Å². The molecule has 0 spiro atoms. The van der Waals surface area contributed by atoms with Crippen LogP contribution in [0.1, 0.15) is 133 Å². The molecule has 0 saturated heterocycles. The van der Waals surface area contributed by atoms with Crippen molar-refractivity contribution in [2.24, 2.45) is 11.8 Å². The lowest BCUT2D eigenvalue weighted by Gasteiger charge is -2.29. The highest BCUT2D eigenvalue weighted by molar-refractivity contribution is 5.55. The van der Waals surface area contributed by atoms with Crippen molar-refractivity contribution in [3.05, 3.63) is 47.8 Å². The summed E-state index contributed by atoms with van der Waals surface area (Å²) in [5, 5.41) is 0. The van der Waals surface area contributed by atoms with E-state index >= 15 is 0 Å². The molecule has 0 atom stereocenters. The van der Waals surface area contributed by atoms with E-state index in [0.29, 0.717) is 5.92 Å². The van der Waals surface area contributed by atoms with Gasteiger partial charge in [-0.15, -0.1) is 0 Å². The van der Waals surface area contributed by atoms with Crippen molar-refractivity contribution in [1.29, 1.82) is 0 Å². The van der Waals surface area contributed by atoms with Gasteiger partial charge in [0, 0.05) is 18.0 Å². The van der Waals surface area contributed by atoms with Crippen LogP contribution in [0.3, 0.4) is 0 Å². The number of rotatable bonds is 10. The summed E-state index contributed by atoms with van der Waals surface area (Å²) in [5.41, 5.74) is 4.02. The van der Waals surface area contributed by atoms with Crippen molar-refractivity contribution >= 4 is 0 Å². The van der Waals surface area contributed by atoms with Crippen molar-refractivity contribution in [2.75, 3.05) is 0 Å². The van der Waals surface area contributed by atoms with Gasteiger partial charge in [-0.05, 0) is 86.2 Å². The van der Waals surface area contributed by atoms with Gasteiger partial charge in [-0.1, -0.05) is 83.1 Å². The minimum Gasteiger partial charge on any atom is -0.236 e. The van der Waals surface area contributed by atoms with Crippen LogP contribution in [0.5, 0.6) is 0 Å². The van der Waals surface area contributed by atoms with Crippen LogP contribution in [0.15, 0.2) is 36.7 Å². The minimum atomic E-state index is 0.663. The first-order valence-corrected chi connectivity index (χ1v) is 14.2. The SMILES string of the molecule is CCCCCC[C@H]1CC[C@H](c2ccc(-c3ncc([C@H]4CC[C@H](CCC)CC4)cn3)cc2)CC1. The molecule has 0 N–H and O–H groups in total. The third-order valence-electron chi connectivity index (χ3n) is 8.64. The number of nitrogens with zero attached hydrogens (tertiary/aromatic N) is 2. The molecule has 1 heterocycles. The molecule has 180 valence electrons. The van der Waals surface area contributed by atoms with Crippen LogP contribution in [-0.2, 0) is 0 Å². The van der Waals surface area contributed by atoms with Crippen LogP contribution < -0.4 is 0 Å². The first-order chi connectivity index (χ1) is 16.3. The molecule has 2 heteroatoms. The summed E-state index contributed by atoms with van der Waals surface area (Å²) >= 11 is 0. The maximum absolute atomic E-state index is 4.76. The van der Waals surface area contributed by atoms with Crippen molar-refractivity contribution in [3.63, 3.8) is 0 Å². The average molecular weight is 447 g/mol. The Bertz CT molecular complexity index is 794. The number of hydrogen-bond donors (Lipinski definition) is 0. The standard InChI is InChI=1S/C31H46N2/c1-3-5-6-7-9-25-12-14-26(15-13-25)27-18-20-29(21-19-27)31-32-22-30(23-33-31)28-16-10-24(8-4-2)11-17-28/h18-26,28H,3-17H2,1-2H3/t24-,25-,26-,28-. The Morgan fingerprint density at radius 3 is 1.76 bits per heavy atom. The topological polar surface area (TPSA) is 25.8 Å². The summed E-state index contributed by atoms with van der Waals surface area (Å²) < 4.78 is 0. The maximum Gasteiger partial charge on any atom is 0.159 e. The first-order valence-electron chi connectivity index (χ1n) is 14.2. The van der Waals surface area contributed by atoms with Crippen LogP contribution >= 0.6 is 0 Å². The van der Waals surface area contributed by atoms with Gasteiger partial charge in [0.2, 0.25) is 0 Å². The summed E-state index contributed by atoms with van der Waals surface area (Å²) in [6.45, 7) is 4.61. The molecule has 2 saturated carbocycles. The molecule has 2 aliphatic rings. The molecule has 1 aromatic heterocycles. The molecule has 1 aromatic carbocycles. The summed E-state index contributed by atoms with van der Waals surface area (Å²) in [6, 6.07) is 9.18. The number of benzene rings is 1. The monoisotopic (exact) mass is 446 g/mol. The second-order valence-electron chi connectivity index (χ2n) is 11.0. The first kappa shape index (κ1) is 24.4. The van der Waals surface area contributed by atoms with Gasteiger partial charge in [-0.25, -0.2) is 9.97 Å². The molecule has 2 fully saturated rings. The van der Waals surface area contributed by atoms with Gasteiger partial charge in [0.15, 0.2) is 5.82 Å². The number of aromatic nitrogens is 2. The number of hydrogen-bond acceptors (Lipinski definition) is 2. The van der Waals surface area contributed by atoms with E-state index in [1.54, 1.807) is 0 Å². The molecule has 2 aliphatic carbocycles. The molecule has 2 nitrogen and oxygen atoms in total. The van der Waals surface area contributed by atoms with Gasteiger partial charge in [-0.3, -0.25) is 0 Å². The zero-order valence-electron chi connectivity index (χ0n) is 21.3. The third-order valence-corrected chi connectivity index (χ3v) is 8.64. The lowest BCUT2D eigenvalue weighted by Crippen LogP contribution is -2.13. The Balaban J connectivity index is 1.26. The fraction of sp³-hybridized carbons (Fsp3) is 0.677. The van der Waals surface area contributed by atoms with E-state index in [-0.39, 0.29) is 0 Å². The van der Waals surface area contributed by atoms with Crippen molar-refractivity contribution in [3.8, 4) is 11.4 Å². The van der Waals surface area contributed by atoms with E-state index in [2.05, 4.69) is 50.5 Å².